The van der Waals surface area contributed by atoms with E-state index in [1.165, 1.54) is 18.4 Å². The fourth-order valence-electron chi connectivity index (χ4n) is 3.85. The van der Waals surface area contributed by atoms with Gasteiger partial charge in [-0.3, -0.25) is 19.2 Å². The summed E-state index contributed by atoms with van der Waals surface area (Å²) in [6.07, 6.45) is 6.86. The standard InChI is InChI=1S/C23H27N5O/c1-27-22(29)15-21(19-10-12-24-13-11-19)26-23(27)25-20-9-5-6-14-28(17-20)16-18-7-3-2-4-8-18/h2-4,7-8,10-13,15,20H,5-6,9,14,16-17H2,1H3,(H,25,26). The Morgan fingerprint density at radius 2 is 1.90 bits per heavy atom. The number of anilines is 1. The van der Waals surface area contributed by atoms with E-state index in [-0.39, 0.29) is 11.6 Å². The van der Waals surface area contributed by atoms with E-state index in [4.69, 9.17) is 4.98 Å². The fraction of sp³-hybridized carbons (Fsp3) is 0.348. The van der Waals surface area contributed by atoms with Crippen molar-refractivity contribution in [1.29, 1.82) is 0 Å². The number of aromatic nitrogens is 3. The van der Waals surface area contributed by atoms with Crippen molar-refractivity contribution in [3.8, 4) is 11.3 Å². The van der Waals surface area contributed by atoms with Gasteiger partial charge >= 0.3 is 0 Å². The molecule has 1 saturated heterocycles. The zero-order valence-corrected chi connectivity index (χ0v) is 16.8. The van der Waals surface area contributed by atoms with Crippen LogP contribution in [0.2, 0.25) is 0 Å². The third kappa shape index (κ3) is 4.90. The summed E-state index contributed by atoms with van der Waals surface area (Å²) >= 11 is 0. The van der Waals surface area contributed by atoms with E-state index in [0.29, 0.717) is 11.6 Å². The van der Waals surface area contributed by atoms with E-state index in [1.54, 1.807) is 30.1 Å². The van der Waals surface area contributed by atoms with Crippen LogP contribution in [0, 0.1) is 0 Å². The van der Waals surface area contributed by atoms with Crippen molar-refractivity contribution in [1.82, 2.24) is 19.4 Å². The fourth-order valence-corrected chi connectivity index (χ4v) is 3.85. The second-order valence-electron chi connectivity index (χ2n) is 7.66. The molecule has 0 aliphatic carbocycles. The minimum Gasteiger partial charge on any atom is -0.352 e. The molecule has 3 aromatic rings. The first-order valence-corrected chi connectivity index (χ1v) is 10.2. The van der Waals surface area contributed by atoms with Gasteiger partial charge in [0.15, 0.2) is 0 Å². The van der Waals surface area contributed by atoms with Gasteiger partial charge in [0.05, 0.1) is 5.69 Å². The third-order valence-corrected chi connectivity index (χ3v) is 5.45. The number of nitrogens with one attached hydrogen (secondary N) is 1. The molecule has 1 fully saturated rings. The van der Waals surface area contributed by atoms with Crippen LogP contribution in [0.4, 0.5) is 5.95 Å². The first-order chi connectivity index (χ1) is 14.2. The normalized spacial score (nSPS) is 17.6. The molecule has 150 valence electrons. The highest BCUT2D eigenvalue weighted by molar-refractivity contribution is 5.59. The van der Waals surface area contributed by atoms with Crippen LogP contribution in [0.5, 0.6) is 0 Å². The quantitative estimate of drug-likeness (QED) is 0.725. The van der Waals surface area contributed by atoms with Crippen molar-refractivity contribution in [2.45, 2.75) is 31.8 Å². The Hall–Kier alpha value is -2.99. The Kier molecular flexibility index (Phi) is 6.00. The molecule has 0 spiro atoms. The number of hydrogen-bond donors (Lipinski definition) is 1. The van der Waals surface area contributed by atoms with Crippen molar-refractivity contribution >= 4 is 5.95 Å². The minimum atomic E-state index is -0.0657. The summed E-state index contributed by atoms with van der Waals surface area (Å²) in [5, 5.41) is 3.55. The molecule has 1 atom stereocenters. The second-order valence-corrected chi connectivity index (χ2v) is 7.66. The van der Waals surface area contributed by atoms with Crippen LogP contribution in [0.3, 0.4) is 0 Å². The van der Waals surface area contributed by atoms with E-state index in [0.717, 1.165) is 31.6 Å². The highest BCUT2D eigenvalue weighted by Crippen LogP contribution is 2.19. The number of likely N-dealkylation sites (tertiary alicyclic amines) is 1. The molecule has 6 nitrogen and oxygen atoms in total. The molecular formula is C23H27N5O. The molecule has 0 radical (unpaired) electrons. The van der Waals surface area contributed by atoms with Gasteiger partial charge in [0.2, 0.25) is 5.95 Å². The van der Waals surface area contributed by atoms with Crippen molar-refractivity contribution in [2.75, 3.05) is 18.4 Å². The predicted octanol–water partition coefficient (Wildman–Crippen LogP) is 3.31. The van der Waals surface area contributed by atoms with E-state index < -0.39 is 0 Å². The number of hydrogen-bond acceptors (Lipinski definition) is 5. The van der Waals surface area contributed by atoms with Crippen LogP contribution in [0.15, 0.2) is 65.7 Å². The Morgan fingerprint density at radius 1 is 1.10 bits per heavy atom. The lowest BCUT2D eigenvalue weighted by Gasteiger charge is -2.26. The number of benzene rings is 1. The summed E-state index contributed by atoms with van der Waals surface area (Å²) in [6.45, 7) is 2.98. The zero-order valence-electron chi connectivity index (χ0n) is 16.8. The molecule has 29 heavy (non-hydrogen) atoms. The van der Waals surface area contributed by atoms with Gasteiger partial charge in [-0.05, 0) is 37.1 Å². The first-order valence-electron chi connectivity index (χ1n) is 10.2. The smallest absolute Gasteiger partial charge is 0.255 e. The summed E-state index contributed by atoms with van der Waals surface area (Å²) in [4.78, 5) is 23.8. The third-order valence-electron chi connectivity index (χ3n) is 5.45. The van der Waals surface area contributed by atoms with E-state index in [1.807, 2.05) is 12.1 Å². The number of nitrogens with zero attached hydrogens (tertiary/aromatic N) is 4. The molecule has 4 rings (SSSR count). The molecule has 2 aromatic heterocycles. The van der Waals surface area contributed by atoms with Crippen LogP contribution >= 0.6 is 0 Å². The van der Waals surface area contributed by atoms with Crippen molar-refractivity contribution in [3.63, 3.8) is 0 Å². The van der Waals surface area contributed by atoms with Crippen molar-refractivity contribution in [2.24, 2.45) is 7.05 Å². The average molecular weight is 390 g/mol. The molecule has 6 heteroatoms. The van der Waals surface area contributed by atoms with Crippen molar-refractivity contribution in [3.05, 3.63) is 76.8 Å². The summed E-state index contributed by atoms with van der Waals surface area (Å²) in [5.41, 5.74) is 2.84. The van der Waals surface area contributed by atoms with Crippen LogP contribution < -0.4 is 10.9 Å². The molecule has 1 unspecified atom stereocenters. The predicted molar refractivity (Wildman–Crippen MR) is 116 cm³/mol. The summed E-state index contributed by atoms with van der Waals surface area (Å²) in [7, 11) is 1.77. The van der Waals surface area contributed by atoms with Gasteiger partial charge < -0.3 is 5.32 Å². The lowest BCUT2D eigenvalue weighted by atomic mass is 10.1. The van der Waals surface area contributed by atoms with Crippen LogP contribution in [-0.2, 0) is 13.6 Å². The lowest BCUT2D eigenvalue weighted by molar-refractivity contribution is 0.269. The van der Waals surface area contributed by atoms with Crippen LogP contribution in [0.1, 0.15) is 24.8 Å². The summed E-state index contributed by atoms with van der Waals surface area (Å²) < 4.78 is 1.59. The number of rotatable bonds is 5. The molecule has 0 saturated carbocycles. The van der Waals surface area contributed by atoms with Gasteiger partial charge in [-0.2, -0.15) is 0 Å². The molecule has 3 heterocycles. The van der Waals surface area contributed by atoms with Crippen molar-refractivity contribution < 1.29 is 0 Å². The van der Waals surface area contributed by atoms with E-state index in [9.17, 15) is 4.79 Å². The number of pyridine rings is 1. The van der Waals surface area contributed by atoms with Gasteiger partial charge in [-0.1, -0.05) is 36.8 Å². The molecule has 0 bridgehead atoms. The van der Waals surface area contributed by atoms with Gasteiger partial charge in [0, 0.05) is 50.2 Å². The Labute approximate surface area is 171 Å². The van der Waals surface area contributed by atoms with Crippen LogP contribution in [0.25, 0.3) is 11.3 Å². The molecule has 1 aromatic carbocycles. The monoisotopic (exact) mass is 389 g/mol. The maximum atomic E-state index is 12.5. The highest BCUT2D eigenvalue weighted by atomic mass is 16.1. The van der Waals surface area contributed by atoms with Crippen LogP contribution in [-0.4, -0.2) is 38.6 Å². The molecule has 1 aliphatic heterocycles. The van der Waals surface area contributed by atoms with E-state index in [2.05, 4.69) is 45.5 Å². The maximum absolute atomic E-state index is 12.5. The minimum absolute atomic E-state index is 0.0657. The molecule has 1 aliphatic rings. The van der Waals surface area contributed by atoms with E-state index >= 15 is 0 Å². The second kappa shape index (κ2) is 9.01. The topological polar surface area (TPSA) is 63.1 Å². The first kappa shape index (κ1) is 19.3. The molecular weight excluding hydrogens is 362 g/mol. The zero-order chi connectivity index (χ0) is 20.1. The lowest BCUT2D eigenvalue weighted by Crippen LogP contribution is -2.36. The average Bonchev–Trinajstić information content (AvgIpc) is 2.97. The van der Waals surface area contributed by atoms with Gasteiger partial charge in [0.25, 0.3) is 5.56 Å². The maximum Gasteiger partial charge on any atom is 0.255 e. The molecule has 1 N–H and O–H groups in total. The summed E-state index contributed by atoms with van der Waals surface area (Å²) in [6, 6.07) is 16.2. The Morgan fingerprint density at radius 3 is 2.69 bits per heavy atom. The van der Waals surface area contributed by atoms with Gasteiger partial charge in [-0.15, -0.1) is 0 Å². The highest BCUT2D eigenvalue weighted by Gasteiger charge is 2.20. The van der Waals surface area contributed by atoms with Gasteiger partial charge in [0.1, 0.15) is 0 Å². The Balaban J connectivity index is 1.53. The van der Waals surface area contributed by atoms with Gasteiger partial charge in [-0.25, -0.2) is 4.98 Å². The molecule has 0 amide bonds. The largest absolute Gasteiger partial charge is 0.352 e. The summed E-state index contributed by atoms with van der Waals surface area (Å²) in [5.74, 6) is 0.621. The Bertz CT molecular complexity index is 987. The SMILES string of the molecule is Cn1c(NC2CCCCN(Cc3ccccc3)C2)nc(-c2ccncc2)cc1=O.